The number of primary amides is 1. The molecule has 0 saturated carbocycles. The lowest BCUT2D eigenvalue weighted by atomic mass is 9.88. The number of nitrogens with two attached hydrogens (primary N) is 1. The zero-order chi connectivity index (χ0) is 19.7. The van der Waals surface area contributed by atoms with Crippen molar-refractivity contribution < 1.29 is 4.79 Å². The van der Waals surface area contributed by atoms with Crippen molar-refractivity contribution in [1.29, 1.82) is 0 Å². The maximum Gasteiger partial charge on any atom is 0.248 e. The number of rotatable bonds is 6. The Bertz CT molecular complexity index is 962. The second-order valence-corrected chi connectivity index (χ2v) is 8.16. The molecule has 1 amide bonds. The smallest absolute Gasteiger partial charge is 0.248 e. The summed E-state index contributed by atoms with van der Waals surface area (Å²) < 4.78 is 2.03. The van der Waals surface area contributed by atoms with Gasteiger partial charge in [0.25, 0.3) is 0 Å². The Morgan fingerprint density at radius 2 is 2.11 bits per heavy atom. The summed E-state index contributed by atoms with van der Waals surface area (Å²) in [4.78, 5) is 17.4. The molecular formula is C22H29N5O. The predicted molar refractivity (Wildman–Crippen MR) is 112 cm³/mol. The number of aromatic amines is 1. The molecule has 6 nitrogen and oxygen atoms in total. The minimum absolute atomic E-state index is 0.371. The van der Waals surface area contributed by atoms with Gasteiger partial charge in [0.15, 0.2) is 0 Å². The van der Waals surface area contributed by atoms with E-state index in [4.69, 9.17) is 5.73 Å². The van der Waals surface area contributed by atoms with Crippen molar-refractivity contribution >= 4 is 16.8 Å². The topological polar surface area (TPSA) is 79.9 Å². The molecule has 1 aliphatic rings. The highest BCUT2D eigenvalue weighted by Gasteiger charge is 2.23. The van der Waals surface area contributed by atoms with Crippen LogP contribution in [0.3, 0.4) is 0 Å². The lowest BCUT2D eigenvalue weighted by molar-refractivity contribution is 0.100. The molecule has 1 aliphatic heterocycles. The lowest BCUT2D eigenvalue weighted by Crippen LogP contribution is -2.34. The van der Waals surface area contributed by atoms with Gasteiger partial charge in [0.1, 0.15) is 0 Å². The largest absolute Gasteiger partial charge is 0.366 e. The van der Waals surface area contributed by atoms with Gasteiger partial charge in [-0.05, 0) is 81.4 Å². The average molecular weight is 380 g/mol. The van der Waals surface area contributed by atoms with Crippen LogP contribution in [0, 0.1) is 0 Å². The third-order valence-corrected chi connectivity index (χ3v) is 5.93. The molecule has 0 bridgehead atoms. The van der Waals surface area contributed by atoms with Crippen LogP contribution >= 0.6 is 0 Å². The number of H-pyrrole nitrogens is 1. The molecule has 0 unspecified atom stereocenters. The molecule has 0 radical (unpaired) electrons. The molecule has 4 rings (SSSR count). The number of nitrogens with one attached hydrogen (secondary N) is 1. The fourth-order valence-electron chi connectivity index (χ4n) is 4.18. The monoisotopic (exact) mass is 379 g/mol. The van der Waals surface area contributed by atoms with Gasteiger partial charge in [-0.3, -0.25) is 9.48 Å². The van der Waals surface area contributed by atoms with Crippen molar-refractivity contribution in [3.8, 4) is 0 Å². The van der Waals surface area contributed by atoms with E-state index >= 15 is 0 Å². The number of carbonyl (C=O) groups is 1. The summed E-state index contributed by atoms with van der Waals surface area (Å²) >= 11 is 0. The summed E-state index contributed by atoms with van der Waals surface area (Å²) in [6, 6.07) is 6.08. The minimum Gasteiger partial charge on any atom is -0.366 e. The molecule has 1 saturated heterocycles. The first-order valence-corrected chi connectivity index (χ1v) is 10.2. The van der Waals surface area contributed by atoms with Gasteiger partial charge >= 0.3 is 0 Å². The Hall–Kier alpha value is -2.60. The number of hydrogen-bond donors (Lipinski definition) is 2. The maximum atomic E-state index is 11.5. The third kappa shape index (κ3) is 3.83. The van der Waals surface area contributed by atoms with Crippen LogP contribution < -0.4 is 5.73 Å². The van der Waals surface area contributed by atoms with Crippen LogP contribution in [-0.4, -0.2) is 45.2 Å². The molecule has 28 heavy (non-hydrogen) atoms. The van der Waals surface area contributed by atoms with E-state index in [1.54, 1.807) is 6.07 Å². The summed E-state index contributed by atoms with van der Waals surface area (Å²) in [6.07, 6.45) is 9.59. The van der Waals surface area contributed by atoms with Crippen molar-refractivity contribution in [3.05, 3.63) is 53.5 Å². The molecule has 1 aromatic carbocycles. The summed E-state index contributed by atoms with van der Waals surface area (Å²) in [5.41, 5.74) is 9.74. The number of amides is 1. The number of hydrogen-bond acceptors (Lipinski definition) is 3. The van der Waals surface area contributed by atoms with Crippen LogP contribution in [0.25, 0.3) is 10.9 Å². The second-order valence-electron chi connectivity index (χ2n) is 8.16. The number of aromatic nitrogens is 3. The Kier molecular flexibility index (Phi) is 5.22. The van der Waals surface area contributed by atoms with E-state index in [0.717, 1.165) is 49.8 Å². The van der Waals surface area contributed by atoms with Gasteiger partial charge in [-0.1, -0.05) is 0 Å². The van der Waals surface area contributed by atoms with E-state index in [2.05, 4.69) is 41.2 Å². The second kappa shape index (κ2) is 7.80. The van der Waals surface area contributed by atoms with Gasteiger partial charge in [0.05, 0.1) is 6.20 Å². The summed E-state index contributed by atoms with van der Waals surface area (Å²) in [5.74, 6) is 0.154. The van der Waals surface area contributed by atoms with Gasteiger partial charge in [0, 0.05) is 41.4 Å². The number of benzene rings is 1. The van der Waals surface area contributed by atoms with Gasteiger partial charge in [-0.15, -0.1) is 0 Å². The molecule has 1 fully saturated rings. The van der Waals surface area contributed by atoms with Crippen LogP contribution in [0.2, 0.25) is 0 Å². The maximum absolute atomic E-state index is 11.5. The van der Waals surface area contributed by atoms with Gasteiger partial charge in [-0.25, -0.2) is 0 Å². The molecule has 3 N–H and O–H groups in total. The first-order chi connectivity index (χ1) is 13.5. The van der Waals surface area contributed by atoms with Crippen molar-refractivity contribution in [3.63, 3.8) is 0 Å². The minimum atomic E-state index is -0.371. The van der Waals surface area contributed by atoms with Gasteiger partial charge in [0.2, 0.25) is 5.91 Å². The van der Waals surface area contributed by atoms with E-state index in [1.807, 2.05) is 23.0 Å². The van der Waals surface area contributed by atoms with Crippen LogP contribution in [0.4, 0.5) is 0 Å². The SMILES string of the molecule is CC(C)n1cc(CCN2CCC(c3c[nH]c4ccc(C(N)=O)cc34)CC2)cn1. The Labute approximate surface area is 165 Å². The Balaban J connectivity index is 1.36. The van der Waals surface area contributed by atoms with Crippen LogP contribution in [0.15, 0.2) is 36.8 Å². The highest BCUT2D eigenvalue weighted by Crippen LogP contribution is 2.33. The summed E-state index contributed by atoms with van der Waals surface area (Å²) in [6.45, 7) is 7.59. The number of likely N-dealkylation sites (tertiary alicyclic amines) is 1. The molecule has 0 spiro atoms. The zero-order valence-electron chi connectivity index (χ0n) is 16.7. The lowest BCUT2D eigenvalue weighted by Gasteiger charge is -2.31. The first-order valence-electron chi connectivity index (χ1n) is 10.2. The predicted octanol–water partition coefficient (Wildman–Crippen LogP) is 3.47. The van der Waals surface area contributed by atoms with E-state index < -0.39 is 0 Å². The molecule has 0 aliphatic carbocycles. The summed E-state index contributed by atoms with van der Waals surface area (Å²) in [7, 11) is 0. The van der Waals surface area contributed by atoms with Crippen molar-refractivity contribution in [1.82, 2.24) is 19.7 Å². The fourth-order valence-corrected chi connectivity index (χ4v) is 4.18. The van der Waals surface area contributed by atoms with Crippen LogP contribution in [-0.2, 0) is 6.42 Å². The molecular weight excluding hydrogens is 350 g/mol. The quantitative estimate of drug-likeness (QED) is 0.688. The molecule has 148 valence electrons. The molecule has 0 atom stereocenters. The highest BCUT2D eigenvalue weighted by atomic mass is 16.1. The summed E-state index contributed by atoms with van der Waals surface area (Å²) in [5, 5.41) is 5.57. The molecule has 6 heteroatoms. The first kappa shape index (κ1) is 18.7. The Morgan fingerprint density at radius 1 is 1.32 bits per heavy atom. The average Bonchev–Trinajstić information content (AvgIpc) is 3.33. The standard InChI is InChI=1S/C22H29N5O/c1-15(2)27-14-16(12-25-27)5-8-26-9-6-17(7-10-26)20-13-24-21-4-3-18(22(23)28)11-19(20)21/h3-4,11-15,17,24H,5-10H2,1-2H3,(H2,23,28). The van der Waals surface area contributed by atoms with E-state index in [0.29, 0.717) is 17.5 Å². The number of nitrogens with zero attached hydrogens (tertiary/aromatic N) is 3. The van der Waals surface area contributed by atoms with Crippen LogP contribution in [0.1, 0.15) is 60.1 Å². The van der Waals surface area contributed by atoms with E-state index in [9.17, 15) is 4.79 Å². The molecule has 3 heterocycles. The molecule has 3 aromatic rings. The van der Waals surface area contributed by atoms with Gasteiger partial charge in [-0.2, -0.15) is 5.10 Å². The highest BCUT2D eigenvalue weighted by molar-refractivity contribution is 5.97. The van der Waals surface area contributed by atoms with Gasteiger partial charge < -0.3 is 15.6 Å². The number of piperidine rings is 1. The fraction of sp³-hybridized carbons (Fsp3) is 0.455. The number of carbonyl (C=O) groups excluding carboxylic acids is 1. The third-order valence-electron chi connectivity index (χ3n) is 5.93. The van der Waals surface area contributed by atoms with E-state index in [1.165, 1.54) is 11.1 Å². The van der Waals surface area contributed by atoms with Crippen molar-refractivity contribution in [2.75, 3.05) is 19.6 Å². The normalized spacial score (nSPS) is 16.2. The number of fused-ring (bicyclic) bond motifs is 1. The van der Waals surface area contributed by atoms with Crippen LogP contribution in [0.5, 0.6) is 0 Å². The van der Waals surface area contributed by atoms with E-state index in [-0.39, 0.29) is 5.91 Å². The van der Waals surface area contributed by atoms with Crippen molar-refractivity contribution in [2.24, 2.45) is 5.73 Å². The Morgan fingerprint density at radius 3 is 2.79 bits per heavy atom. The molecule has 2 aromatic heterocycles. The zero-order valence-corrected chi connectivity index (χ0v) is 16.7. The van der Waals surface area contributed by atoms with Crippen molar-refractivity contribution in [2.45, 2.75) is 45.1 Å².